The van der Waals surface area contributed by atoms with Crippen molar-refractivity contribution in [1.29, 1.82) is 0 Å². The van der Waals surface area contributed by atoms with Crippen molar-refractivity contribution in [2.24, 2.45) is 0 Å². The zero-order valence-corrected chi connectivity index (χ0v) is 12.5. The van der Waals surface area contributed by atoms with Gasteiger partial charge in [-0.1, -0.05) is 25.3 Å². The SMILES string of the molecule is Fc1ccc(CN2CCCNC3(CCCCC3)C2)c(F)c1. The molecule has 4 heteroatoms. The molecule has 1 aliphatic heterocycles. The average Bonchev–Trinajstić information content (AvgIpc) is 2.65. The minimum absolute atomic E-state index is 0.214. The van der Waals surface area contributed by atoms with E-state index in [0.29, 0.717) is 12.1 Å². The summed E-state index contributed by atoms with van der Waals surface area (Å²) in [6.07, 6.45) is 7.42. The number of hydrogen-bond donors (Lipinski definition) is 1. The van der Waals surface area contributed by atoms with Crippen LogP contribution in [0.3, 0.4) is 0 Å². The molecule has 2 fully saturated rings. The van der Waals surface area contributed by atoms with E-state index in [4.69, 9.17) is 0 Å². The Balaban J connectivity index is 1.71. The van der Waals surface area contributed by atoms with Crippen LogP contribution in [0.15, 0.2) is 18.2 Å². The summed E-state index contributed by atoms with van der Waals surface area (Å²) in [5.41, 5.74) is 0.815. The number of rotatable bonds is 2. The quantitative estimate of drug-likeness (QED) is 0.898. The minimum Gasteiger partial charge on any atom is -0.310 e. The molecule has 21 heavy (non-hydrogen) atoms. The van der Waals surface area contributed by atoms with Gasteiger partial charge in [0.25, 0.3) is 0 Å². The van der Waals surface area contributed by atoms with E-state index < -0.39 is 11.6 Å². The average molecular weight is 294 g/mol. The second kappa shape index (κ2) is 6.41. The third kappa shape index (κ3) is 3.61. The summed E-state index contributed by atoms with van der Waals surface area (Å²) in [7, 11) is 0. The van der Waals surface area contributed by atoms with Crippen molar-refractivity contribution in [1.82, 2.24) is 10.2 Å². The zero-order valence-electron chi connectivity index (χ0n) is 12.5. The lowest BCUT2D eigenvalue weighted by Gasteiger charge is -2.40. The van der Waals surface area contributed by atoms with Gasteiger partial charge in [0.05, 0.1) is 0 Å². The third-order valence-corrected chi connectivity index (χ3v) is 4.90. The number of halogens is 2. The molecule has 0 unspecified atom stereocenters. The molecule has 0 amide bonds. The van der Waals surface area contributed by atoms with Crippen molar-refractivity contribution in [2.75, 3.05) is 19.6 Å². The van der Waals surface area contributed by atoms with E-state index in [-0.39, 0.29) is 5.54 Å². The van der Waals surface area contributed by atoms with Gasteiger partial charge >= 0.3 is 0 Å². The Kier molecular flexibility index (Phi) is 4.55. The molecule has 0 radical (unpaired) electrons. The van der Waals surface area contributed by atoms with E-state index in [1.807, 2.05) is 0 Å². The number of nitrogens with zero attached hydrogens (tertiary/aromatic N) is 1. The van der Waals surface area contributed by atoms with Crippen molar-refractivity contribution < 1.29 is 8.78 Å². The summed E-state index contributed by atoms with van der Waals surface area (Å²) in [6.45, 7) is 3.58. The Labute approximate surface area is 125 Å². The first-order valence-electron chi connectivity index (χ1n) is 8.08. The lowest BCUT2D eigenvalue weighted by molar-refractivity contribution is 0.158. The standard InChI is InChI=1S/C17H24F2N2/c18-15-6-5-14(16(19)11-15)12-21-10-4-9-20-17(13-21)7-2-1-3-8-17/h5-6,11,20H,1-4,7-10,12-13H2. The number of benzene rings is 1. The van der Waals surface area contributed by atoms with Crippen LogP contribution in [0.5, 0.6) is 0 Å². The van der Waals surface area contributed by atoms with Gasteiger partial charge in [0.2, 0.25) is 0 Å². The smallest absolute Gasteiger partial charge is 0.130 e. The molecule has 0 aromatic heterocycles. The minimum atomic E-state index is -0.502. The predicted molar refractivity (Wildman–Crippen MR) is 80.1 cm³/mol. The fourth-order valence-electron chi connectivity index (χ4n) is 3.81. The Morgan fingerprint density at radius 1 is 1.10 bits per heavy atom. The molecule has 1 spiro atoms. The summed E-state index contributed by atoms with van der Waals surface area (Å²) in [6, 6.07) is 3.92. The fraction of sp³-hybridized carbons (Fsp3) is 0.647. The van der Waals surface area contributed by atoms with Crippen molar-refractivity contribution in [3.63, 3.8) is 0 Å². The third-order valence-electron chi connectivity index (χ3n) is 4.90. The zero-order chi connectivity index (χ0) is 14.7. The van der Waals surface area contributed by atoms with Gasteiger partial charge < -0.3 is 5.32 Å². The molecular weight excluding hydrogens is 270 g/mol. The van der Waals surface area contributed by atoms with Crippen LogP contribution in [0.1, 0.15) is 44.1 Å². The van der Waals surface area contributed by atoms with Gasteiger partial charge in [-0.2, -0.15) is 0 Å². The summed E-state index contributed by atoms with van der Waals surface area (Å²) in [5, 5.41) is 3.74. The van der Waals surface area contributed by atoms with Gasteiger partial charge in [-0.05, 0) is 38.4 Å². The number of nitrogens with one attached hydrogen (secondary N) is 1. The molecule has 3 rings (SSSR count). The largest absolute Gasteiger partial charge is 0.310 e. The van der Waals surface area contributed by atoms with Crippen LogP contribution in [0.25, 0.3) is 0 Å². The molecule has 1 aromatic carbocycles. The molecular formula is C17H24F2N2. The van der Waals surface area contributed by atoms with Crippen LogP contribution in [0.2, 0.25) is 0 Å². The predicted octanol–water partition coefficient (Wildman–Crippen LogP) is 3.46. The molecule has 0 atom stereocenters. The van der Waals surface area contributed by atoms with Crippen LogP contribution in [0.4, 0.5) is 8.78 Å². The molecule has 1 heterocycles. The highest BCUT2D eigenvalue weighted by molar-refractivity contribution is 5.18. The van der Waals surface area contributed by atoms with E-state index in [1.54, 1.807) is 6.07 Å². The van der Waals surface area contributed by atoms with Gasteiger partial charge in [-0.25, -0.2) is 8.78 Å². The topological polar surface area (TPSA) is 15.3 Å². The molecule has 1 aromatic rings. The van der Waals surface area contributed by atoms with E-state index in [2.05, 4.69) is 10.2 Å². The summed E-state index contributed by atoms with van der Waals surface area (Å²) >= 11 is 0. The highest BCUT2D eigenvalue weighted by atomic mass is 19.1. The van der Waals surface area contributed by atoms with Crippen LogP contribution in [-0.4, -0.2) is 30.1 Å². The van der Waals surface area contributed by atoms with Gasteiger partial charge in [0.15, 0.2) is 0 Å². The summed E-state index contributed by atoms with van der Waals surface area (Å²) in [4.78, 5) is 2.33. The molecule has 2 nitrogen and oxygen atoms in total. The highest BCUT2D eigenvalue weighted by Gasteiger charge is 2.34. The van der Waals surface area contributed by atoms with Crippen molar-refractivity contribution in [2.45, 2.75) is 50.6 Å². The normalized spacial score (nSPS) is 23.1. The van der Waals surface area contributed by atoms with E-state index in [9.17, 15) is 8.78 Å². The first-order valence-corrected chi connectivity index (χ1v) is 8.08. The van der Waals surface area contributed by atoms with Crippen LogP contribution < -0.4 is 5.32 Å². The maximum absolute atomic E-state index is 13.9. The maximum atomic E-state index is 13.9. The van der Waals surface area contributed by atoms with Crippen molar-refractivity contribution in [3.8, 4) is 0 Å². The second-order valence-electron chi connectivity index (χ2n) is 6.57. The Bertz CT molecular complexity index is 484. The Morgan fingerprint density at radius 2 is 1.90 bits per heavy atom. The fourth-order valence-corrected chi connectivity index (χ4v) is 3.81. The van der Waals surface area contributed by atoms with Crippen LogP contribution >= 0.6 is 0 Å². The Hall–Kier alpha value is -1.00. The summed E-state index contributed by atoms with van der Waals surface area (Å²) < 4.78 is 26.9. The molecule has 1 N–H and O–H groups in total. The van der Waals surface area contributed by atoms with Crippen molar-refractivity contribution >= 4 is 0 Å². The van der Waals surface area contributed by atoms with Gasteiger partial charge in [0, 0.05) is 30.3 Å². The molecule has 0 bridgehead atoms. The maximum Gasteiger partial charge on any atom is 0.130 e. The Morgan fingerprint density at radius 3 is 2.67 bits per heavy atom. The molecule has 1 aliphatic carbocycles. The summed E-state index contributed by atoms with van der Waals surface area (Å²) in [5.74, 6) is -0.928. The first-order chi connectivity index (χ1) is 10.2. The molecule has 1 saturated heterocycles. The second-order valence-corrected chi connectivity index (χ2v) is 6.57. The first kappa shape index (κ1) is 14.9. The monoisotopic (exact) mass is 294 g/mol. The van der Waals surface area contributed by atoms with Gasteiger partial charge in [-0.15, -0.1) is 0 Å². The molecule has 1 saturated carbocycles. The lowest BCUT2D eigenvalue weighted by Crippen LogP contribution is -2.52. The highest BCUT2D eigenvalue weighted by Crippen LogP contribution is 2.30. The van der Waals surface area contributed by atoms with Gasteiger partial charge in [0.1, 0.15) is 11.6 Å². The van der Waals surface area contributed by atoms with Crippen molar-refractivity contribution in [3.05, 3.63) is 35.4 Å². The molecule has 2 aliphatic rings. The van der Waals surface area contributed by atoms with E-state index in [1.165, 1.54) is 38.2 Å². The van der Waals surface area contributed by atoms with Crippen LogP contribution in [-0.2, 0) is 6.54 Å². The van der Waals surface area contributed by atoms with Crippen LogP contribution in [0, 0.1) is 11.6 Å². The van der Waals surface area contributed by atoms with E-state index >= 15 is 0 Å². The van der Waals surface area contributed by atoms with Gasteiger partial charge in [-0.3, -0.25) is 4.90 Å². The lowest BCUT2D eigenvalue weighted by atomic mass is 9.81. The van der Waals surface area contributed by atoms with E-state index in [0.717, 1.165) is 32.1 Å². The number of hydrogen-bond acceptors (Lipinski definition) is 2. The molecule has 116 valence electrons.